The molecule has 0 aliphatic rings. The Kier molecular flexibility index (Phi) is 4.67. The summed E-state index contributed by atoms with van der Waals surface area (Å²) in [5.74, 6) is 0. The second kappa shape index (κ2) is 6.26. The summed E-state index contributed by atoms with van der Waals surface area (Å²) in [6.45, 7) is 4.93. The summed E-state index contributed by atoms with van der Waals surface area (Å²) in [5, 5.41) is 2.87. The maximum absolute atomic E-state index is 5.85. The van der Waals surface area contributed by atoms with Crippen LogP contribution in [-0.4, -0.2) is 11.9 Å². The average Bonchev–Trinajstić information content (AvgIpc) is 2.43. The monoisotopic (exact) mass is 260 g/mol. The predicted molar refractivity (Wildman–Crippen MR) is 81.4 cm³/mol. The second-order valence-corrected chi connectivity index (χ2v) is 5.37. The van der Waals surface area contributed by atoms with Crippen LogP contribution >= 0.6 is 12.6 Å². The molecule has 0 N–H and O–H groups in total. The Morgan fingerprint density at radius 1 is 1.11 bits per heavy atom. The van der Waals surface area contributed by atoms with E-state index < -0.39 is 0 Å². The van der Waals surface area contributed by atoms with Crippen LogP contribution in [0.3, 0.4) is 0 Å². The largest absolute Gasteiger partial charge is 0.373 e. The van der Waals surface area contributed by atoms with Crippen molar-refractivity contribution in [2.75, 3.05) is 6.61 Å². The van der Waals surface area contributed by atoms with Gasteiger partial charge in [0.25, 0.3) is 0 Å². The molecular formula is C16H20OS. The Labute approximate surface area is 115 Å². The lowest BCUT2D eigenvalue weighted by molar-refractivity contribution is 0.0667. The van der Waals surface area contributed by atoms with E-state index in [0.29, 0.717) is 11.9 Å². The van der Waals surface area contributed by atoms with Gasteiger partial charge in [0.2, 0.25) is 0 Å². The number of ether oxygens (including phenoxy) is 1. The van der Waals surface area contributed by atoms with Crippen LogP contribution in [0.2, 0.25) is 0 Å². The van der Waals surface area contributed by atoms with Gasteiger partial charge in [0.05, 0.1) is 12.7 Å². The predicted octanol–water partition coefficient (Wildman–Crippen LogP) is 4.63. The zero-order chi connectivity index (χ0) is 13.0. The third-order valence-corrected chi connectivity index (χ3v) is 3.77. The molecule has 2 aromatic rings. The third kappa shape index (κ3) is 3.27. The molecule has 2 aromatic carbocycles. The highest BCUT2D eigenvalue weighted by molar-refractivity contribution is 7.81. The van der Waals surface area contributed by atoms with Crippen molar-refractivity contribution in [3.63, 3.8) is 0 Å². The van der Waals surface area contributed by atoms with E-state index in [0.717, 1.165) is 6.42 Å². The fourth-order valence-corrected chi connectivity index (χ4v) is 2.02. The van der Waals surface area contributed by atoms with E-state index in [1.54, 1.807) is 0 Å². The van der Waals surface area contributed by atoms with Crippen molar-refractivity contribution in [2.45, 2.75) is 31.6 Å². The quantitative estimate of drug-likeness (QED) is 0.771. The highest BCUT2D eigenvalue weighted by Crippen LogP contribution is 2.23. The van der Waals surface area contributed by atoms with Gasteiger partial charge in [-0.15, -0.1) is 0 Å². The lowest BCUT2D eigenvalue weighted by Gasteiger charge is -2.16. The first-order valence-electron chi connectivity index (χ1n) is 6.49. The smallest absolute Gasteiger partial charge is 0.0797 e. The second-order valence-electron chi connectivity index (χ2n) is 4.64. The SMILES string of the molecule is CCC(S)COC(C)c1ccc2ccccc2c1. The molecule has 2 atom stereocenters. The minimum atomic E-state index is 0.121. The molecule has 0 amide bonds. The molecule has 1 nitrogen and oxygen atoms in total. The van der Waals surface area contributed by atoms with E-state index in [-0.39, 0.29) is 6.10 Å². The van der Waals surface area contributed by atoms with E-state index >= 15 is 0 Å². The fraction of sp³-hybridized carbons (Fsp3) is 0.375. The molecule has 0 aromatic heterocycles. The first-order valence-corrected chi connectivity index (χ1v) is 7.00. The number of thiol groups is 1. The Morgan fingerprint density at radius 2 is 1.83 bits per heavy atom. The maximum atomic E-state index is 5.85. The Hall–Kier alpha value is -0.990. The van der Waals surface area contributed by atoms with Crippen LogP contribution in [0.1, 0.15) is 31.9 Å². The van der Waals surface area contributed by atoms with Crippen LogP contribution in [0, 0.1) is 0 Å². The van der Waals surface area contributed by atoms with Gasteiger partial charge in [-0.05, 0) is 35.7 Å². The Bertz CT molecular complexity index is 509. The highest BCUT2D eigenvalue weighted by Gasteiger charge is 2.08. The molecule has 2 heteroatoms. The molecule has 0 saturated carbocycles. The van der Waals surface area contributed by atoms with E-state index in [1.807, 2.05) is 0 Å². The van der Waals surface area contributed by atoms with Crippen molar-refractivity contribution in [3.05, 3.63) is 48.0 Å². The first kappa shape index (κ1) is 13.4. The topological polar surface area (TPSA) is 9.23 Å². The van der Waals surface area contributed by atoms with Gasteiger partial charge in [0.1, 0.15) is 0 Å². The molecule has 0 saturated heterocycles. The van der Waals surface area contributed by atoms with Crippen molar-refractivity contribution in [1.82, 2.24) is 0 Å². The summed E-state index contributed by atoms with van der Waals surface area (Å²) >= 11 is 4.45. The van der Waals surface area contributed by atoms with Gasteiger partial charge in [-0.25, -0.2) is 0 Å². The lowest BCUT2D eigenvalue weighted by atomic mass is 10.0. The fourth-order valence-electron chi connectivity index (χ4n) is 1.93. The summed E-state index contributed by atoms with van der Waals surface area (Å²) in [5.41, 5.74) is 1.23. The maximum Gasteiger partial charge on any atom is 0.0797 e. The number of hydrogen-bond acceptors (Lipinski definition) is 2. The van der Waals surface area contributed by atoms with Gasteiger partial charge in [-0.3, -0.25) is 0 Å². The average molecular weight is 260 g/mol. The van der Waals surface area contributed by atoms with Crippen LogP contribution in [-0.2, 0) is 4.74 Å². The van der Waals surface area contributed by atoms with Gasteiger partial charge in [-0.2, -0.15) is 12.6 Å². The van der Waals surface area contributed by atoms with Crippen LogP contribution in [0.5, 0.6) is 0 Å². The molecule has 18 heavy (non-hydrogen) atoms. The number of rotatable bonds is 5. The van der Waals surface area contributed by atoms with Gasteiger partial charge >= 0.3 is 0 Å². The van der Waals surface area contributed by atoms with E-state index in [2.05, 4.69) is 68.9 Å². The van der Waals surface area contributed by atoms with Crippen LogP contribution in [0.25, 0.3) is 10.8 Å². The van der Waals surface area contributed by atoms with Crippen molar-refractivity contribution in [3.8, 4) is 0 Å². The molecule has 2 rings (SSSR count). The first-order chi connectivity index (χ1) is 8.70. The molecule has 0 fully saturated rings. The lowest BCUT2D eigenvalue weighted by Crippen LogP contribution is -2.10. The minimum absolute atomic E-state index is 0.121. The summed E-state index contributed by atoms with van der Waals surface area (Å²) in [6, 6.07) is 14.9. The molecule has 0 bridgehead atoms. The minimum Gasteiger partial charge on any atom is -0.373 e. The van der Waals surface area contributed by atoms with Crippen molar-refractivity contribution >= 4 is 23.4 Å². The molecule has 0 heterocycles. The van der Waals surface area contributed by atoms with Gasteiger partial charge in [0, 0.05) is 5.25 Å². The molecule has 0 spiro atoms. The molecular weight excluding hydrogens is 240 g/mol. The summed E-state index contributed by atoms with van der Waals surface area (Å²) in [7, 11) is 0. The van der Waals surface area contributed by atoms with Crippen LogP contribution in [0.4, 0.5) is 0 Å². The molecule has 0 aliphatic carbocycles. The van der Waals surface area contributed by atoms with Gasteiger partial charge in [0.15, 0.2) is 0 Å². The summed E-state index contributed by atoms with van der Waals surface area (Å²) in [6.07, 6.45) is 1.16. The van der Waals surface area contributed by atoms with E-state index in [4.69, 9.17) is 4.74 Å². The highest BCUT2D eigenvalue weighted by atomic mass is 32.1. The molecule has 0 radical (unpaired) electrons. The van der Waals surface area contributed by atoms with Crippen LogP contribution in [0.15, 0.2) is 42.5 Å². The number of fused-ring (bicyclic) bond motifs is 1. The van der Waals surface area contributed by atoms with Crippen molar-refractivity contribution < 1.29 is 4.74 Å². The molecule has 2 unspecified atom stereocenters. The van der Waals surface area contributed by atoms with Crippen molar-refractivity contribution in [2.24, 2.45) is 0 Å². The van der Waals surface area contributed by atoms with E-state index in [1.165, 1.54) is 16.3 Å². The van der Waals surface area contributed by atoms with Crippen LogP contribution < -0.4 is 0 Å². The normalized spacial score (nSPS) is 14.6. The van der Waals surface area contributed by atoms with Gasteiger partial charge in [-0.1, -0.05) is 43.3 Å². The van der Waals surface area contributed by atoms with E-state index in [9.17, 15) is 0 Å². The summed E-state index contributed by atoms with van der Waals surface area (Å²) < 4.78 is 5.85. The van der Waals surface area contributed by atoms with Crippen molar-refractivity contribution in [1.29, 1.82) is 0 Å². The number of benzene rings is 2. The Balaban J connectivity index is 2.10. The zero-order valence-corrected chi connectivity index (χ0v) is 11.9. The molecule has 0 aliphatic heterocycles. The standard InChI is InChI=1S/C16H20OS/c1-3-16(18)11-17-12(2)14-9-8-13-6-4-5-7-15(13)10-14/h4-10,12,16,18H,3,11H2,1-2H3. The molecule has 96 valence electrons. The van der Waals surface area contributed by atoms with Gasteiger partial charge < -0.3 is 4.74 Å². The zero-order valence-electron chi connectivity index (χ0n) is 11.0. The summed E-state index contributed by atoms with van der Waals surface area (Å²) in [4.78, 5) is 0. The third-order valence-electron chi connectivity index (χ3n) is 3.25. The number of hydrogen-bond donors (Lipinski definition) is 1. The Morgan fingerprint density at radius 3 is 2.56 bits per heavy atom.